The number of likely N-dealkylation sites (tertiary alicyclic amines) is 1. The standard InChI is InChI=1S/C11H18N4O2/c1-16-9-10(12)13-8-14-11(9)17-7-6-15-4-2-3-5-15/h8H,2-7H2,1H3,(H2,12,13,14). The van der Waals surface area contributed by atoms with Crippen molar-refractivity contribution >= 4 is 5.82 Å². The Bertz CT molecular complexity index is 366. The molecule has 0 aromatic carbocycles. The largest absolute Gasteiger partial charge is 0.489 e. The molecule has 2 rings (SSSR count). The highest BCUT2D eigenvalue weighted by Gasteiger charge is 2.13. The van der Waals surface area contributed by atoms with Crippen LogP contribution in [0.25, 0.3) is 0 Å². The van der Waals surface area contributed by atoms with Crippen molar-refractivity contribution in [3.8, 4) is 11.6 Å². The van der Waals surface area contributed by atoms with Crippen LogP contribution in [0.1, 0.15) is 12.8 Å². The van der Waals surface area contributed by atoms with Crippen molar-refractivity contribution in [2.45, 2.75) is 12.8 Å². The summed E-state index contributed by atoms with van der Waals surface area (Å²) < 4.78 is 10.7. The normalized spacial score (nSPS) is 16.1. The van der Waals surface area contributed by atoms with Gasteiger partial charge in [-0.2, -0.15) is 4.98 Å². The van der Waals surface area contributed by atoms with Crippen molar-refractivity contribution < 1.29 is 9.47 Å². The highest BCUT2D eigenvalue weighted by molar-refractivity contribution is 5.51. The maximum Gasteiger partial charge on any atom is 0.262 e. The van der Waals surface area contributed by atoms with Gasteiger partial charge in [0.25, 0.3) is 5.88 Å². The Labute approximate surface area is 101 Å². The second-order valence-corrected chi connectivity index (χ2v) is 3.99. The molecule has 2 N–H and O–H groups in total. The predicted molar refractivity (Wildman–Crippen MR) is 64.2 cm³/mol. The zero-order valence-corrected chi connectivity index (χ0v) is 10.1. The number of hydrogen-bond donors (Lipinski definition) is 1. The van der Waals surface area contributed by atoms with E-state index in [1.165, 1.54) is 26.3 Å². The maximum absolute atomic E-state index is 5.66. The van der Waals surface area contributed by atoms with Crippen LogP contribution in [-0.2, 0) is 0 Å². The Morgan fingerprint density at radius 3 is 2.82 bits per heavy atom. The van der Waals surface area contributed by atoms with E-state index in [1.807, 2.05) is 0 Å². The SMILES string of the molecule is COc1c(N)ncnc1OCCN1CCCC1. The van der Waals surface area contributed by atoms with E-state index in [1.54, 1.807) is 0 Å². The quantitative estimate of drug-likeness (QED) is 0.807. The number of methoxy groups -OCH3 is 1. The Morgan fingerprint density at radius 2 is 2.12 bits per heavy atom. The lowest BCUT2D eigenvalue weighted by atomic mass is 10.4. The molecule has 1 aromatic rings. The predicted octanol–water partition coefficient (Wildman–Crippen LogP) is 0.542. The van der Waals surface area contributed by atoms with Crippen molar-refractivity contribution in [3.05, 3.63) is 6.33 Å². The van der Waals surface area contributed by atoms with E-state index in [0.29, 0.717) is 24.1 Å². The fraction of sp³-hybridized carbons (Fsp3) is 0.636. The molecule has 1 aliphatic rings. The Kier molecular flexibility index (Phi) is 3.98. The molecule has 6 heteroatoms. The topological polar surface area (TPSA) is 73.5 Å². The van der Waals surface area contributed by atoms with Gasteiger partial charge in [-0.15, -0.1) is 0 Å². The third-order valence-electron chi connectivity index (χ3n) is 2.85. The molecule has 0 saturated carbocycles. The van der Waals surface area contributed by atoms with Crippen molar-refractivity contribution in [3.63, 3.8) is 0 Å². The molecule has 1 saturated heterocycles. The van der Waals surface area contributed by atoms with E-state index < -0.39 is 0 Å². The summed E-state index contributed by atoms with van der Waals surface area (Å²) in [6.07, 6.45) is 3.94. The van der Waals surface area contributed by atoms with E-state index in [0.717, 1.165) is 19.6 Å². The van der Waals surface area contributed by atoms with Gasteiger partial charge in [-0.1, -0.05) is 0 Å². The molecule has 0 amide bonds. The van der Waals surface area contributed by atoms with Crippen LogP contribution >= 0.6 is 0 Å². The fourth-order valence-corrected chi connectivity index (χ4v) is 1.94. The smallest absolute Gasteiger partial charge is 0.262 e. The zero-order chi connectivity index (χ0) is 12.1. The van der Waals surface area contributed by atoms with E-state index in [9.17, 15) is 0 Å². The van der Waals surface area contributed by atoms with Gasteiger partial charge in [-0.3, -0.25) is 4.90 Å². The lowest BCUT2D eigenvalue weighted by molar-refractivity contribution is 0.224. The lowest BCUT2D eigenvalue weighted by Gasteiger charge is -2.15. The number of nitrogen functional groups attached to an aromatic ring is 1. The average molecular weight is 238 g/mol. The number of hydrogen-bond acceptors (Lipinski definition) is 6. The first kappa shape index (κ1) is 11.9. The fourth-order valence-electron chi connectivity index (χ4n) is 1.94. The van der Waals surface area contributed by atoms with Gasteiger partial charge in [-0.25, -0.2) is 4.98 Å². The first-order chi connectivity index (χ1) is 8.31. The summed E-state index contributed by atoms with van der Waals surface area (Å²) in [6.45, 7) is 3.82. The Morgan fingerprint density at radius 1 is 1.35 bits per heavy atom. The van der Waals surface area contributed by atoms with Gasteiger partial charge in [0.1, 0.15) is 12.9 Å². The summed E-state index contributed by atoms with van der Waals surface area (Å²) in [5, 5.41) is 0. The molecule has 0 atom stereocenters. The molecule has 1 fully saturated rings. The summed E-state index contributed by atoms with van der Waals surface area (Å²) in [5.74, 6) is 1.13. The molecule has 2 heterocycles. The first-order valence-electron chi connectivity index (χ1n) is 5.81. The zero-order valence-electron chi connectivity index (χ0n) is 10.1. The molecule has 0 aliphatic carbocycles. The number of aromatic nitrogens is 2. The molecule has 0 bridgehead atoms. The van der Waals surface area contributed by atoms with Crippen LogP contribution < -0.4 is 15.2 Å². The molecular weight excluding hydrogens is 220 g/mol. The number of nitrogens with zero attached hydrogens (tertiary/aromatic N) is 3. The van der Waals surface area contributed by atoms with Crippen LogP contribution in [0.3, 0.4) is 0 Å². The van der Waals surface area contributed by atoms with Gasteiger partial charge >= 0.3 is 0 Å². The van der Waals surface area contributed by atoms with Crippen molar-refractivity contribution in [1.29, 1.82) is 0 Å². The van der Waals surface area contributed by atoms with Crippen LogP contribution in [0.15, 0.2) is 6.33 Å². The highest BCUT2D eigenvalue weighted by atomic mass is 16.5. The molecule has 0 radical (unpaired) electrons. The van der Waals surface area contributed by atoms with Gasteiger partial charge in [0.2, 0.25) is 5.75 Å². The van der Waals surface area contributed by atoms with E-state index in [-0.39, 0.29) is 0 Å². The number of ether oxygens (including phenoxy) is 2. The first-order valence-corrected chi connectivity index (χ1v) is 5.81. The van der Waals surface area contributed by atoms with Crippen molar-refractivity contribution in [2.75, 3.05) is 39.1 Å². The second kappa shape index (κ2) is 5.67. The summed E-state index contributed by atoms with van der Waals surface area (Å²) >= 11 is 0. The minimum atomic E-state index is 0.304. The maximum atomic E-state index is 5.66. The van der Waals surface area contributed by atoms with Crippen molar-refractivity contribution in [2.24, 2.45) is 0 Å². The van der Waals surface area contributed by atoms with Crippen molar-refractivity contribution in [1.82, 2.24) is 14.9 Å². The molecule has 94 valence electrons. The average Bonchev–Trinajstić information content (AvgIpc) is 2.82. The third-order valence-corrected chi connectivity index (χ3v) is 2.85. The Hall–Kier alpha value is -1.56. The summed E-state index contributed by atoms with van der Waals surface area (Å²) in [6, 6.07) is 0. The molecule has 17 heavy (non-hydrogen) atoms. The van der Waals surface area contributed by atoms with E-state index in [4.69, 9.17) is 15.2 Å². The summed E-state index contributed by atoms with van der Waals surface area (Å²) in [5.41, 5.74) is 5.66. The van der Waals surface area contributed by atoms with Gasteiger partial charge < -0.3 is 15.2 Å². The minimum absolute atomic E-state index is 0.304. The monoisotopic (exact) mass is 238 g/mol. The lowest BCUT2D eigenvalue weighted by Crippen LogP contribution is -2.25. The van der Waals surface area contributed by atoms with Gasteiger partial charge in [-0.05, 0) is 25.9 Å². The van der Waals surface area contributed by atoms with Gasteiger partial charge in [0, 0.05) is 6.54 Å². The summed E-state index contributed by atoms with van der Waals surface area (Å²) in [4.78, 5) is 10.2. The molecule has 0 unspecified atom stereocenters. The molecule has 1 aromatic heterocycles. The van der Waals surface area contributed by atoms with Crippen LogP contribution in [0.4, 0.5) is 5.82 Å². The van der Waals surface area contributed by atoms with Crippen LogP contribution in [0.5, 0.6) is 11.6 Å². The molecule has 6 nitrogen and oxygen atoms in total. The second-order valence-electron chi connectivity index (χ2n) is 3.99. The summed E-state index contributed by atoms with van der Waals surface area (Å²) in [7, 11) is 1.53. The van der Waals surface area contributed by atoms with Gasteiger partial charge in [0.15, 0.2) is 5.82 Å². The van der Waals surface area contributed by atoms with Crippen LogP contribution in [-0.4, -0.2) is 48.2 Å². The molecule has 0 spiro atoms. The number of rotatable bonds is 5. The van der Waals surface area contributed by atoms with Gasteiger partial charge in [0.05, 0.1) is 7.11 Å². The van der Waals surface area contributed by atoms with E-state index in [2.05, 4.69) is 14.9 Å². The van der Waals surface area contributed by atoms with E-state index >= 15 is 0 Å². The van der Waals surface area contributed by atoms with Crippen LogP contribution in [0, 0.1) is 0 Å². The minimum Gasteiger partial charge on any atom is -0.489 e. The number of nitrogens with two attached hydrogens (primary N) is 1. The molecule has 1 aliphatic heterocycles. The Balaban J connectivity index is 1.87. The number of anilines is 1. The highest BCUT2D eigenvalue weighted by Crippen LogP contribution is 2.28. The van der Waals surface area contributed by atoms with Crippen LogP contribution in [0.2, 0.25) is 0 Å². The third kappa shape index (κ3) is 2.97. The molecular formula is C11H18N4O2.